The first kappa shape index (κ1) is 17.6. The Hall–Kier alpha value is -1.45. The van der Waals surface area contributed by atoms with E-state index in [0.29, 0.717) is 5.56 Å². The minimum atomic E-state index is -3.76. The average Bonchev–Trinajstić information content (AvgIpc) is 2.24. The second-order valence-corrected chi connectivity index (χ2v) is 8.81. The van der Waals surface area contributed by atoms with Crippen LogP contribution in [0.25, 0.3) is 0 Å². The van der Waals surface area contributed by atoms with E-state index < -0.39 is 37.6 Å². The summed E-state index contributed by atoms with van der Waals surface area (Å²) < 4.78 is 48.3. The van der Waals surface area contributed by atoms with Crippen molar-refractivity contribution in [3.63, 3.8) is 0 Å². The lowest BCUT2D eigenvalue weighted by Crippen LogP contribution is -2.37. The molecule has 7 nitrogen and oxygen atoms in total. The maximum absolute atomic E-state index is 11.9. The molecule has 0 heterocycles. The van der Waals surface area contributed by atoms with Crippen LogP contribution in [0.1, 0.15) is 22.8 Å². The summed E-state index contributed by atoms with van der Waals surface area (Å²) in [5.74, 6) is -1.86. The van der Waals surface area contributed by atoms with Gasteiger partial charge in [0, 0.05) is 12.3 Å². The molecule has 0 aliphatic carbocycles. The van der Waals surface area contributed by atoms with E-state index in [1.807, 2.05) is 0 Å². The second-order valence-electron chi connectivity index (χ2n) is 4.88. The number of carboxylic acids is 1. The molecular formula is C12H17NO6S2. The van der Waals surface area contributed by atoms with Gasteiger partial charge in [-0.3, -0.25) is 0 Å². The first-order chi connectivity index (χ1) is 9.48. The van der Waals surface area contributed by atoms with Gasteiger partial charge in [-0.15, -0.1) is 0 Å². The fraction of sp³-hybridized carbons (Fsp3) is 0.417. The predicted molar refractivity (Wildman–Crippen MR) is 78.3 cm³/mol. The number of rotatable bonds is 7. The number of benzene rings is 1. The van der Waals surface area contributed by atoms with Gasteiger partial charge in [0.15, 0.2) is 0 Å². The fourth-order valence-electron chi connectivity index (χ4n) is 1.85. The maximum Gasteiger partial charge on any atom is 0.335 e. The van der Waals surface area contributed by atoms with Crippen molar-refractivity contribution >= 4 is 25.8 Å². The zero-order chi connectivity index (χ0) is 16.3. The van der Waals surface area contributed by atoms with Crippen LogP contribution in [0.5, 0.6) is 0 Å². The van der Waals surface area contributed by atoms with Gasteiger partial charge in [0.2, 0.25) is 10.0 Å². The Morgan fingerprint density at radius 3 is 2.43 bits per heavy atom. The maximum atomic E-state index is 11.9. The molecule has 118 valence electrons. The Morgan fingerprint density at radius 1 is 1.29 bits per heavy atom. The molecule has 1 rings (SSSR count). The normalized spacial score (nSPS) is 13.8. The number of hydrogen-bond donors (Lipinski definition) is 2. The largest absolute Gasteiger partial charge is 0.478 e. The molecule has 0 saturated carbocycles. The quantitative estimate of drug-likeness (QED) is 0.737. The van der Waals surface area contributed by atoms with Gasteiger partial charge in [0.05, 0.1) is 17.1 Å². The highest BCUT2D eigenvalue weighted by atomic mass is 32.2. The van der Waals surface area contributed by atoms with Crippen molar-refractivity contribution in [2.45, 2.75) is 18.7 Å². The van der Waals surface area contributed by atoms with E-state index in [0.717, 1.165) is 6.26 Å². The van der Waals surface area contributed by atoms with E-state index in [2.05, 4.69) is 4.72 Å². The lowest BCUT2D eigenvalue weighted by molar-refractivity contribution is 0.0696. The van der Waals surface area contributed by atoms with Crippen molar-refractivity contribution in [1.29, 1.82) is 0 Å². The number of aromatic carboxylic acids is 1. The van der Waals surface area contributed by atoms with E-state index in [1.165, 1.54) is 31.2 Å². The first-order valence-corrected chi connectivity index (χ1v) is 9.70. The lowest BCUT2D eigenvalue weighted by atomic mass is 10.1. The van der Waals surface area contributed by atoms with E-state index in [9.17, 15) is 21.6 Å². The Balaban J connectivity index is 2.81. The molecule has 0 aromatic heterocycles. The highest BCUT2D eigenvalue weighted by molar-refractivity contribution is 7.91. The van der Waals surface area contributed by atoms with E-state index in [1.54, 1.807) is 0 Å². The molecular weight excluding hydrogens is 318 g/mol. The molecule has 0 fully saturated rings. The van der Waals surface area contributed by atoms with Gasteiger partial charge in [-0.05, 0) is 24.6 Å². The SMILES string of the molecule is CC(CS(C)(=O)=O)NS(=O)(=O)Cc1cccc(C(=O)O)c1. The highest BCUT2D eigenvalue weighted by Gasteiger charge is 2.19. The van der Waals surface area contributed by atoms with Crippen LogP contribution in [0.15, 0.2) is 24.3 Å². The molecule has 0 amide bonds. The average molecular weight is 335 g/mol. The summed E-state index contributed by atoms with van der Waals surface area (Å²) in [7, 11) is -7.05. The molecule has 0 aliphatic rings. The minimum absolute atomic E-state index is 0.00751. The summed E-state index contributed by atoms with van der Waals surface area (Å²) in [4.78, 5) is 10.8. The van der Waals surface area contributed by atoms with Gasteiger partial charge >= 0.3 is 5.97 Å². The lowest BCUT2D eigenvalue weighted by Gasteiger charge is -2.13. The summed E-state index contributed by atoms with van der Waals surface area (Å²) in [6.45, 7) is 1.45. The third kappa shape index (κ3) is 6.69. The topological polar surface area (TPSA) is 118 Å². The second kappa shape index (κ2) is 6.54. The predicted octanol–water partition coefficient (Wildman–Crippen LogP) is 0.237. The highest BCUT2D eigenvalue weighted by Crippen LogP contribution is 2.09. The number of carboxylic acid groups (broad SMARTS) is 1. The van der Waals surface area contributed by atoms with Gasteiger partial charge in [-0.1, -0.05) is 12.1 Å². The summed E-state index contributed by atoms with van der Waals surface area (Å²) in [6, 6.07) is 4.81. The minimum Gasteiger partial charge on any atom is -0.478 e. The van der Waals surface area contributed by atoms with Gasteiger partial charge in [0.1, 0.15) is 9.84 Å². The Labute approximate surface area is 124 Å². The molecule has 1 unspecified atom stereocenters. The van der Waals surface area contributed by atoms with Crippen LogP contribution in [0.2, 0.25) is 0 Å². The van der Waals surface area contributed by atoms with Gasteiger partial charge in [0.25, 0.3) is 0 Å². The molecule has 0 bridgehead atoms. The third-order valence-electron chi connectivity index (χ3n) is 2.46. The van der Waals surface area contributed by atoms with Crippen molar-refractivity contribution in [2.24, 2.45) is 0 Å². The van der Waals surface area contributed by atoms with Crippen molar-refractivity contribution in [3.8, 4) is 0 Å². The van der Waals surface area contributed by atoms with Crippen LogP contribution < -0.4 is 4.72 Å². The van der Waals surface area contributed by atoms with Crippen LogP contribution in [0.4, 0.5) is 0 Å². The number of sulfonamides is 1. The fourth-order valence-corrected chi connectivity index (χ4v) is 4.35. The number of carbonyl (C=O) groups is 1. The molecule has 2 N–H and O–H groups in total. The molecule has 21 heavy (non-hydrogen) atoms. The Bertz CT molecular complexity index is 724. The third-order valence-corrected chi connectivity index (χ3v) is 5.04. The monoisotopic (exact) mass is 335 g/mol. The van der Waals surface area contributed by atoms with Crippen LogP contribution in [0.3, 0.4) is 0 Å². The smallest absolute Gasteiger partial charge is 0.335 e. The van der Waals surface area contributed by atoms with E-state index >= 15 is 0 Å². The number of nitrogens with one attached hydrogen (secondary N) is 1. The van der Waals surface area contributed by atoms with Crippen LogP contribution in [-0.4, -0.2) is 46.0 Å². The summed E-state index contributed by atoms with van der Waals surface area (Å²) in [5.41, 5.74) is 0.306. The van der Waals surface area contributed by atoms with E-state index in [4.69, 9.17) is 5.11 Å². The molecule has 1 atom stereocenters. The summed E-state index contributed by atoms with van der Waals surface area (Å²) >= 11 is 0. The number of sulfone groups is 1. The molecule has 9 heteroatoms. The molecule has 1 aromatic rings. The summed E-state index contributed by atoms with van der Waals surface area (Å²) in [5, 5.41) is 8.85. The van der Waals surface area contributed by atoms with E-state index in [-0.39, 0.29) is 11.3 Å². The summed E-state index contributed by atoms with van der Waals surface area (Å²) in [6.07, 6.45) is 1.02. The Kier molecular flexibility index (Phi) is 5.48. The van der Waals surface area contributed by atoms with Gasteiger partial charge < -0.3 is 5.11 Å². The first-order valence-electron chi connectivity index (χ1n) is 5.98. The van der Waals surface area contributed by atoms with Crippen molar-refractivity contribution in [3.05, 3.63) is 35.4 Å². The van der Waals surface area contributed by atoms with Crippen LogP contribution >= 0.6 is 0 Å². The van der Waals surface area contributed by atoms with Gasteiger partial charge in [-0.25, -0.2) is 26.4 Å². The standard InChI is InChI=1S/C12H17NO6S2/c1-9(7-20(2,16)17)13-21(18,19)8-10-4-3-5-11(6-10)12(14)15/h3-6,9,13H,7-8H2,1-2H3,(H,14,15). The van der Waals surface area contributed by atoms with Crippen molar-refractivity contribution in [1.82, 2.24) is 4.72 Å². The molecule has 0 aliphatic heterocycles. The van der Waals surface area contributed by atoms with Crippen LogP contribution in [0, 0.1) is 0 Å². The number of hydrogen-bond acceptors (Lipinski definition) is 5. The molecule has 1 aromatic carbocycles. The molecule has 0 spiro atoms. The van der Waals surface area contributed by atoms with Crippen LogP contribution in [-0.2, 0) is 25.6 Å². The molecule has 0 saturated heterocycles. The Morgan fingerprint density at radius 2 is 1.90 bits per heavy atom. The zero-order valence-electron chi connectivity index (χ0n) is 11.6. The van der Waals surface area contributed by atoms with Crippen molar-refractivity contribution < 1.29 is 26.7 Å². The van der Waals surface area contributed by atoms with Crippen molar-refractivity contribution in [2.75, 3.05) is 12.0 Å². The zero-order valence-corrected chi connectivity index (χ0v) is 13.2. The molecule has 0 radical (unpaired) electrons. The van der Waals surface area contributed by atoms with Gasteiger partial charge in [-0.2, -0.15) is 0 Å².